The molecule has 0 radical (unpaired) electrons. The summed E-state index contributed by atoms with van der Waals surface area (Å²) in [5.74, 6) is -0.675. The van der Waals surface area contributed by atoms with Crippen molar-refractivity contribution in [2.24, 2.45) is 0 Å². The average molecular weight is 537 g/mol. The minimum atomic E-state index is -0.460. The van der Waals surface area contributed by atoms with E-state index in [1.54, 1.807) is 35.7 Å². The third-order valence-electron chi connectivity index (χ3n) is 5.57. The highest BCUT2D eigenvalue weighted by atomic mass is 35.5. The van der Waals surface area contributed by atoms with Crippen LogP contribution in [0.3, 0.4) is 0 Å². The second-order valence-corrected chi connectivity index (χ2v) is 9.77. The second-order valence-electron chi connectivity index (χ2n) is 8.01. The van der Waals surface area contributed by atoms with Crippen molar-refractivity contribution < 1.29 is 18.7 Å². The Labute approximate surface area is 216 Å². The van der Waals surface area contributed by atoms with Gasteiger partial charge in [0.2, 0.25) is 0 Å². The van der Waals surface area contributed by atoms with Crippen molar-refractivity contribution >= 4 is 52.2 Å². The molecule has 2 atom stereocenters. The van der Waals surface area contributed by atoms with Crippen LogP contribution < -0.4 is 20.7 Å². The van der Waals surface area contributed by atoms with Crippen LogP contribution in [0.1, 0.15) is 41.2 Å². The zero-order chi connectivity index (χ0) is 24.8. The van der Waals surface area contributed by atoms with E-state index in [2.05, 4.69) is 20.9 Å². The molecule has 35 heavy (non-hydrogen) atoms. The summed E-state index contributed by atoms with van der Waals surface area (Å²) in [6.07, 6.45) is 3.29. The predicted molar refractivity (Wildman–Crippen MR) is 135 cm³/mol. The molecular formula is C24H23Cl2FN4O3S. The number of hydrogen-bond acceptors (Lipinski definition) is 5. The summed E-state index contributed by atoms with van der Waals surface area (Å²) in [5, 5.41) is 11.4. The van der Waals surface area contributed by atoms with E-state index in [1.807, 2.05) is 0 Å². The smallest absolute Gasteiger partial charge is 0.319 e. The normalized spacial score (nSPS) is 17.5. The zero-order valence-electron chi connectivity index (χ0n) is 18.5. The lowest BCUT2D eigenvalue weighted by Gasteiger charge is -2.32. The molecule has 1 aliphatic carbocycles. The molecule has 0 bridgehead atoms. The number of carbonyl (C=O) groups excluding carboxylic acids is 2. The number of amides is 3. The van der Waals surface area contributed by atoms with Gasteiger partial charge in [0.1, 0.15) is 17.3 Å². The standard InChI is InChI=1S/C24H23Cl2FN4O3S/c25-14-6-5-7-15(26)22(14)31-24(33)30-18-10-3-2-9-17(18)29-23(32)19-13-35-21(28-19)12-34-20-11-4-1-8-16(20)27/h1,4-8,11,13,17-18H,2-3,9-10,12H2,(H,29,32)(H2,30,31,33)/t17-,18+/m0/s1. The number of para-hydroxylation sites is 2. The van der Waals surface area contributed by atoms with Gasteiger partial charge in [-0.2, -0.15) is 0 Å². The van der Waals surface area contributed by atoms with Crippen LogP contribution in [0.4, 0.5) is 14.9 Å². The summed E-state index contributed by atoms with van der Waals surface area (Å²) in [4.78, 5) is 29.7. The van der Waals surface area contributed by atoms with Gasteiger partial charge in [-0.15, -0.1) is 11.3 Å². The molecule has 0 spiro atoms. The van der Waals surface area contributed by atoms with Crippen molar-refractivity contribution in [3.63, 3.8) is 0 Å². The van der Waals surface area contributed by atoms with Crippen LogP contribution in [0.25, 0.3) is 0 Å². The number of nitrogens with one attached hydrogen (secondary N) is 3. The third-order valence-corrected chi connectivity index (χ3v) is 7.02. The van der Waals surface area contributed by atoms with Crippen LogP contribution in [0.5, 0.6) is 5.75 Å². The first-order valence-corrected chi connectivity index (χ1v) is 12.7. The van der Waals surface area contributed by atoms with Crippen molar-refractivity contribution in [3.05, 3.63) is 74.4 Å². The largest absolute Gasteiger partial charge is 0.483 e. The molecule has 3 amide bonds. The van der Waals surface area contributed by atoms with Gasteiger partial charge in [0, 0.05) is 11.4 Å². The van der Waals surface area contributed by atoms with E-state index in [0.717, 1.165) is 19.3 Å². The molecule has 1 heterocycles. The van der Waals surface area contributed by atoms with Gasteiger partial charge < -0.3 is 20.7 Å². The molecule has 3 aromatic rings. The number of hydrogen-bond donors (Lipinski definition) is 3. The van der Waals surface area contributed by atoms with Gasteiger partial charge in [0.05, 0.1) is 21.8 Å². The van der Waals surface area contributed by atoms with Gasteiger partial charge >= 0.3 is 6.03 Å². The first kappa shape index (κ1) is 25.2. The number of nitrogens with zero attached hydrogens (tertiary/aromatic N) is 1. The number of rotatable bonds is 7. The topological polar surface area (TPSA) is 92.4 Å². The fourth-order valence-electron chi connectivity index (χ4n) is 3.84. The van der Waals surface area contributed by atoms with Crippen LogP contribution in [0.15, 0.2) is 47.8 Å². The zero-order valence-corrected chi connectivity index (χ0v) is 20.9. The molecule has 11 heteroatoms. The van der Waals surface area contributed by atoms with Crippen LogP contribution in [0.2, 0.25) is 10.0 Å². The molecule has 1 aromatic heterocycles. The Kier molecular flexibility index (Phi) is 8.43. The van der Waals surface area contributed by atoms with Crippen molar-refractivity contribution in [2.45, 2.75) is 44.4 Å². The maximum atomic E-state index is 13.7. The summed E-state index contributed by atoms with van der Waals surface area (Å²) in [6, 6.07) is 10.1. The SMILES string of the molecule is O=C(Nc1c(Cl)cccc1Cl)N[C@@H]1CCCC[C@@H]1NC(=O)c1csc(COc2ccccc2F)n1. The molecule has 0 aliphatic heterocycles. The highest BCUT2D eigenvalue weighted by molar-refractivity contribution is 7.09. The van der Waals surface area contributed by atoms with E-state index < -0.39 is 11.8 Å². The average Bonchev–Trinajstić information content (AvgIpc) is 3.32. The Morgan fingerprint density at radius 1 is 1.03 bits per heavy atom. The van der Waals surface area contributed by atoms with E-state index in [1.165, 1.54) is 23.5 Å². The van der Waals surface area contributed by atoms with Crippen LogP contribution >= 0.6 is 34.5 Å². The maximum absolute atomic E-state index is 13.7. The van der Waals surface area contributed by atoms with E-state index in [9.17, 15) is 14.0 Å². The Balaban J connectivity index is 1.33. The number of aromatic nitrogens is 1. The highest BCUT2D eigenvalue weighted by Gasteiger charge is 2.29. The summed E-state index contributed by atoms with van der Waals surface area (Å²) in [7, 11) is 0. The third kappa shape index (κ3) is 6.62. The van der Waals surface area contributed by atoms with Gasteiger partial charge in [-0.3, -0.25) is 4.79 Å². The van der Waals surface area contributed by atoms with Crippen LogP contribution in [0, 0.1) is 5.82 Å². The maximum Gasteiger partial charge on any atom is 0.319 e. The van der Waals surface area contributed by atoms with E-state index in [0.29, 0.717) is 27.2 Å². The predicted octanol–water partition coefficient (Wildman–Crippen LogP) is 6.03. The van der Waals surface area contributed by atoms with Gasteiger partial charge in [-0.1, -0.05) is 54.2 Å². The molecular weight excluding hydrogens is 514 g/mol. The van der Waals surface area contributed by atoms with E-state index in [4.69, 9.17) is 27.9 Å². The minimum absolute atomic E-state index is 0.0528. The summed E-state index contributed by atoms with van der Waals surface area (Å²) in [5.41, 5.74) is 0.580. The van der Waals surface area contributed by atoms with Crippen molar-refractivity contribution in [1.29, 1.82) is 0 Å². The Morgan fingerprint density at radius 2 is 1.71 bits per heavy atom. The molecule has 184 valence electrons. The van der Waals surface area contributed by atoms with Crippen molar-refractivity contribution in [1.82, 2.24) is 15.6 Å². The lowest BCUT2D eigenvalue weighted by atomic mass is 9.90. The van der Waals surface area contributed by atoms with E-state index >= 15 is 0 Å². The number of anilines is 1. The molecule has 7 nitrogen and oxygen atoms in total. The molecule has 4 rings (SSSR count). The monoisotopic (exact) mass is 536 g/mol. The van der Waals surface area contributed by atoms with Crippen LogP contribution in [-0.2, 0) is 6.61 Å². The van der Waals surface area contributed by atoms with Gasteiger partial charge in [0.25, 0.3) is 5.91 Å². The van der Waals surface area contributed by atoms with Gasteiger partial charge in [-0.05, 0) is 37.1 Å². The van der Waals surface area contributed by atoms with Gasteiger partial charge in [-0.25, -0.2) is 14.2 Å². The Morgan fingerprint density at radius 3 is 2.43 bits per heavy atom. The van der Waals surface area contributed by atoms with E-state index in [-0.39, 0.29) is 36.0 Å². The number of benzene rings is 2. The molecule has 2 aromatic carbocycles. The lowest BCUT2D eigenvalue weighted by molar-refractivity contribution is 0.0911. The molecule has 3 N–H and O–H groups in total. The van der Waals surface area contributed by atoms with Crippen molar-refractivity contribution in [3.8, 4) is 5.75 Å². The highest BCUT2D eigenvalue weighted by Crippen LogP contribution is 2.30. The number of ether oxygens (including phenoxy) is 1. The number of halogens is 3. The van der Waals surface area contributed by atoms with Gasteiger partial charge in [0.15, 0.2) is 11.6 Å². The quantitative estimate of drug-likeness (QED) is 0.343. The summed E-state index contributed by atoms with van der Waals surface area (Å²) >= 11 is 13.5. The number of thiazole rings is 1. The molecule has 0 saturated heterocycles. The minimum Gasteiger partial charge on any atom is -0.483 e. The van der Waals surface area contributed by atoms with Crippen molar-refractivity contribution in [2.75, 3.05) is 5.32 Å². The Bertz CT molecular complexity index is 1190. The molecule has 1 saturated carbocycles. The number of urea groups is 1. The summed E-state index contributed by atoms with van der Waals surface area (Å²) in [6.45, 7) is 0.0528. The molecule has 1 fully saturated rings. The number of carbonyl (C=O) groups is 2. The fourth-order valence-corrected chi connectivity index (χ4v) is 5.01. The Hall–Kier alpha value is -2.88. The van der Waals surface area contributed by atoms with Crippen LogP contribution in [-0.4, -0.2) is 29.0 Å². The summed E-state index contributed by atoms with van der Waals surface area (Å²) < 4.78 is 19.2. The second kappa shape index (κ2) is 11.7. The molecule has 1 aliphatic rings. The fraction of sp³-hybridized carbons (Fsp3) is 0.292. The molecule has 0 unspecified atom stereocenters. The first-order chi connectivity index (χ1) is 16.9. The first-order valence-electron chi connectivity index (χ1n) is 11.0. The lowest BCUT2D eigenvalue weighted by Crippen LogP contribution is -2.54.